The van der Waals surface area contributed by atoms with Gasteiger partial charge in [0.15, 0.2) is 0 Å². The summed E-state index contributed by atoms with van der Waals surface area (Å²) in [6.45, 7) is 1.29. The van der Waals surface area contributed by atoms with Gasteiger partial charge >= 0.3 is 6.03 Å². The van der Waals surface area contributed by atoms with Gasteiger partial charge in [0, 0.05) is 42.0 Å². The fourth-order valence-corrected chi connectivity index (χ4v) is 4.51. The van der Waals surface area contributed by atoms with E-state index in [1.807, 2.05) is 23.1 Å². The highest BCUT2D eigenvalue weighted by molar-refractivity contribution is 6.04. The first kappa shape index (κ1) is 22.8. The Hall–Kier alpha value is -3.35. The molecular formula is C26H32N4O3. The predicted octanol–water partition coefficient (Wildman–Crippen LogP) is 4.18. The number of hydrogen-bond acceptors (Lipinski definition) is 3. The number of urea groups is 1. The minimum absolute atomic E-state index is 0.0276. The van der Waals surface area contributed by atoms with E-state index in [1.165, 1.54) is 19.3 Å². The highest BCUT2D eigenvalue weighted by Gasteiger charge is 2.26. The molecule has 0 spiro atoms. The highest BCUT2D eigenvalue weighted by atomic mass is 16.2. The van der Waals surface area contributed by atoms with Crippen LogP contribution in [0.5, 0.6) is 0 Å². The van der Waals surface area contributed by atoms with Crippen LogP contribution in [0.1, 0.15) is 65.7 Å². The van der Waals surface area contributed by atoms with Crippen LogP contribution in [0.25, 0.3) is 0 Å². The molecule has 0 radical (unpaired) electrons. The molecule has 33 heavy (non-hydrogen) atoms. The molecule has 0 unspecified atom stereocenters. The Morgan fingerprint density at radius 2 is 1.27 bits per heavy atom. The monoisotopic (exact) mass is 448 g/mol. The molecule has 7 heteroatoms. The van der Waals surface area contributed by atoms with E-state index in [1.54, 1.807) is 36.4 Å². The minimum atomic E-state index is -0.188. The van der Waals surface area contributed by atoms with Crippen molar-refractivity contribution in [3.05, 3.63) is 65.7 Å². The van der Waals surface area contributed by atoms with Crippen molar-refractivity contribution in [2.24, 2.45) is 0 Å². The lowest BCUT2D eigenvalue weighted by molar-refractivity contribution is 0.0917. The second-order valence-electron chi connectivity index (χ2n) is 8.92. The smallest absolute Gasteiger partial charge is 0.317 e. The summed E-state index contributed by atoms with van der Waals surface area (Å²) in [4.78, 5) is 39.3. The Kier molecular flexibility index (Phi) is 7.60. The number of nitrogens with zero attached hydrogens (tertiary/aromatic N) is 1. The molecule has 1 aliphatic heterocycles. The molecule has 2 fully saturated rings. The van der Waals surface area contributed by atoms with Gasteiger partial charge in [-0.3, -0.25) is 9.59 Å². The second-order valence-corrected chi connectivity index (χ2v) is 8.92. The lowest BCUT2D eigenvalue weighted by Gasteiger charge is -2.34. The Balaban J connectivity index is 1.22. The lowest BCUT2D eigenvalue weighted by atomic mass is 9.95. The van der Waals surface area contributed by atoms with Gasteiger partial charge < -0.3 is 20.9 Å². The van der Waals surface area contributed by atoms with E-state index < -0.39 is 0 Å². The molecule has 0 atom stereocenters. The number of anilines is 1. The summed E-state index contributed by atoms with van der Waals surface area (Å²) in [6.07, 6.45) is 7.30. The van der Waals surface area contributed by atoms with E-state index in [2.05, 4.69) is 16.0 Å². The number of carbonyl (C=O) groups is 3. The third kappa shape index (κ3) is 6.34. The zero-order valence-corrected chi connectivity index (χ0v) is 18.9. The quantitative estimate of drug-likeness (QED) is 0.641. The molecule has 0 bridgehead atoms. The van der Waals surface area contributed by atoms with Gasteiger partial charge in [-0.2, -0.15) is 0 Å². The largest absolute Gasteiger partial charge is 0.349 e. The molecule has 3 N–H and O–H groups in total. The number of nitrogens with one attached hydrogen (secondary N) is 3. The average Bonchev–Trinajstić information content (AvgIpc) is 2.86. The molecule has 1 aliphatic carbocycles. The van der Waals surface area contributed by atoms with Crippen LogP contribution in [0.15, 0.2) is 54.6 Å². The SMILES string of the molecule is O=C(Nc1ccc(C(=O)NC2CCN(C(=O)NC3CCCCC3)CC2)cc1)c1ccccc1. The van der Waals surface area contributed by atoms with E-state index in [9.17, 15) is 14.4 Å². The first-order valence-corrected chi connectivity index (χ1v) is 11.9. The minimum Gasteiger partial charge on any atom is -0.349 e. The molecule has 7 nitrogen and oxygen atoms in total. The molecule has 2 aromatic carbocycles. The molecule has 1 saturated heterocycles. The van der Waals surface area contributed by atoms with Crippen LogP contribution in [0, 0.1) is 0 Å². The molecule has 4 rings (SSSR count). The average molecular weight is 449 g/mol. The van der Waals surface area contributed by atoms with Crippen LogP contribution in [0.4, 0.5) is 10.5 Å². The number of rotatable bonds is 5. The number of amides is 4. The van der Waals surface area contributed by atoms with E-state index in [-0.39, 0.29) is 23.9 Å². The van der Waals surface area contributed by atoms with E-state index in [0.29, 0.717) is 35.9 Å². The second kappa shape index (κ2) is 11.0. The molecule has 174 valence electrons. The summed E-state index contributed by atoms with van der Waals surface area (Å²) in [5.41, 5.74) is 1.76. The van der Waals surface area contributed by atoms with Crippen molar-refractivity contribution < 1.29 is 14.4 Å². The first-order chi connectivity index (χ1) is 16.1. The van der Waals surface area contributed by atoms with Gasteiger partial charge in [0.05, 0.1) is 0 Å². The maximum Gasteiger partial charge on any atom is 0.317 e. The van der Waals surface area contributed by atoms with Crippen LogP contribution >= 0.6 is 0 Å². The fourth-order valence-electron chi connectivity index (χ4n) is 4.51. The molecule has 0 aromatic heterocycles. The number of hydrogen-bond donors (Lipinski definition) is 3. The van der Waals surface area contributed by atoms with Crippen LogP contribution in [-0.4, -0.2) is 47.9 Å². The van der Waals surface area contributed by atoms with Crippen molar-refractivity contribution >= 4 is 23.5 Å². The Morgan fingerprint density at radius 1 is 0.667 bits per heavy atom. The Morgan fingerprint density at radius 3 is 1.94 bits per heavy atom. The van der Waals surface area contributed by atoms with Gasteiger partial charge in [-0.15, -0.1) is 0 Å². The Labute approximate surface area is 194 Å². The zero-order valence-electron chi connectivity index (χ0n) is 18.9. The van der Waals surface area contributed by atoms with Crippen LogP contribution < -0.4 is 16.0 Å². The van der Waals surface area contributed by atoms with Crippen LogP contribution in [0.2, 0.25) is 0 Å². The molecule has 2 aromatic rings. The van der Waals surface area contributed by atoms with Crippen molar-refractivity contribution in [1.29, 1.82) is 0 Å². The molecule has 1 saturated carbocycles. The topological polar surface area (TPSA) is 90.5 Å². The third-order valence-corrected chi connectivity index (χ3v) is 6.49. The van der Waals surface area contributed by atoms with Crippen molar-refractivity contribution in [2.45, 2.75) is 57.0 Å². The number of likely N-dealkylation sites (tertiary alicyclic amines) is 1. The van der Waals surface area contributed by atoms with E-state index in [0.717, 1.165) is 25.7 Å². The summed E-state index contributed by atoms with van der Waals surface area (Å²) >= 11 is 0. The summed E-state index contributed by atoms with van der Waals surface area (Å²) in [5.74, 6) is -0.326. The van der Waals surface area contributed by atoms with Crippen molar-refractivity contribution in [1.82, 2.24) is 15.5 Å². The van der Waals surface area contributed by atoms with E-state index in [4.69, 9.17) is 0 Å². The standard InChI is InChI=1S/C26H32N4O3/c31-24(19-7-3-1-4-8-19)27-22-13-11-20(12-14-22)25(32)28-23-15-17-30(18-16-23)26(33)29-21-9-5-2-6-10-21/h1,3-4,7-8,11-14,21,23H,2,5-6,9-10,15-18H2,(H,27,31)(H,28,32)(H,29,33). The predicted molar refractivity (Wildman–Crippen MR) is 128 cm³/mol. The fraction of sp³-hybridized carbons (Fsp3) is 0.423. The molecule has 1 heterocycles. The van der Waals surface area contributed by atoms with Crippen molar-refractivity contribution in [3.8, 4) is 0 Å². The van der Waals surface area contributed by atoms with Gasteiger partial charge in [0.2, 0.25) is 0 Å². The van der Waals surface area contributed by atoms with Gasteiger partial charge in [-0.25, -0.2) is 4.79 Å². The van der Waals surface area contributed by atoms with E-state index >= 15 is 0 Å². The maximum atomic E-state index is 12.7. The van der Waals surface area contributed by atoms with Crippen molar-refractivity contribution in [2.75, 3.05) is 18.4 Å². The number of benzene rings is 2. The van der Waals surface area contributed by atoms with Gasteiger partial charge in [-0.05, 0) is 62.1 Å². The first-order valence-electron chi connectivity index (χ1n) is 11.9. The summed E-state index contributed by atoms with van der Waals surface area (Å²) < 4.78 is 0. The highest BCUT2D eigenvalue weighted by Crippen LogP contribution is 2.19. The third-order valence-electron chi connectivity index (χ3n) is 6.49. The molecular weight excluding hydrogens is 416 g/mol. The summed E-state index contributed by atoms with van der Waals surface area (Å²) in [7, 11) is 0. The van der Waals surface area contributed by atoms with Gasteiger partial charge in [0.25, 0.3) is 11.8 Å². The number of carbonyl (C=O) groups excluding carboxylic acids is 3. The normalized spacial score (nSPS) is 17.3. The van der Waals surface area contributed by atoms with Crippen molar-refractivity contribution in [3.63, 3.8) is 0 Å². The Bertz CT molecular complexity index is 947. The zero-order chi connectivity index (χ0) is 23.0. The summed E-state index contributed by atoms with van der Waals surface area (Å²) in [6, 6.07) is 16.3. The number of piperidine rings is 1. The van der Waals surface area contributed by atoms with Gasteiger partial charge in [0.1, 0.15) is 0 Å². The summed E-state index contributed by atoms with van der Waals surface area (Å²) in [5, 5.41) is 9.08. The maximum absolute atomic E-state index is 12.7. The van der Waals surface area contributed by atoms with Crippen LogP contribution in [0.3, 0.4) is 0 Å². The lowest BCUT2D eigenvalue weighted by Crippen LogP contribution is -2.51. The molecule has 2 aliphatic rings. The van der Waals surface area contributed by atoms with Crippen LogP contribution in [-0.2, 0) is 0 Å². The van der Waals surface area contributed by atoms with Gasteiger partial charge in [-0.1, -0.05) is 37.5 Å². The molecule has 4 amide bonds.